The van der Waals surface area contributed by atoms with Crippen molar-refractivity contribution < 1.29 is 0 Å². The van der Waals surface area contributed by atoms with Crippen LogP contribution >= 0.6 is 11.3 Å². The number of aromatic nitrogens is 3. The fraction of sp³-hybridized carbons (Fsp3) is 0.200. The van der Waals surface area contributed by atoms with Crippen molar-refractivity contribution in [2.24, 2.45) is 5.73 Å². The molecule has 3 rings (SSSR count). The van der Waals surface area contributed by atoms with Gasteiger partial charge in [0.25, 0.3) is 0 Å². The molecule has 5 heteroatoms. The Labute approximate surface area is 121 Å². The molecule has 0 aliphatic heterocycles. The van der Waals surface area contributed by atoms with Gasteiger partial charge < -0.3 is 10.3 Å². The molecular formula is C15H16N4S. The maximum Gasteiger partial charge on any atom is 0.150 e. The lowest BCUT2D eigenvalue weighted by molar-refractivity contribution is 0.499. The minimum atomic E-state index is -0.0351. The molecule has 3 aromatic rings. The minimum absolute atomic E-state index is 0.0308. The van der Waals surface area contributed by atoms with Crippen LogP contribution in [0.5, 0.6) is 0 Å². The highest BCUT2D eigenvalue weighted by Gasteiger charge is 2.21. The molecule has 2 N–H and O–H groups in total. The second-order valence-electron chi connectivity index (χ2n) is 4.73. The first kappa shape index (κ1) is 13.0. The standard InChI is InChI=1S/C15H16N4S/c1-11(16)14(12-4-2-6-17-10-12)19-8-7-18-15(19)13-5-3-9-20-13/h2-11,14H,16H2,1H3. The number of pyridine rings is 1. The molecule has 0 amide bonds. The maximum absolute atomic E-state index is 6.21. The van der Waals surface area contributed by atoms with Crippen LogP contribution in [0, 0.1) is 0 Å². The van der Waals surface area contributed by atoms with Crippen LogP contribution in [-0.2, 0) is 0 Å². The molecular weight excluding hydrogens is 268 g/mol. The fourth-order valence-electron chi connectivity index (χ4n) is 2.40. The van der Waals surface area contributed by atoms with E-state index in [4.69, 9.17) is 5.73 Å². The number of hydrogen-bond donors (Lipinski definition) is 1. The van der Waals surface area contributed by atoms with Gasteiger partial charge in [0.05, 0.1) is 10.9 Å². The van der Waals surface area contributed by atoms with E-state index in [0.717, 1.165) is 16.3 Å². The zero-order chi connectivity index (χ0) is 13.9. The Bertz CT molecular complexity index is 658. The second-order valence-corrected chi connectivity index (χ2v) is 5.67. The Balaban J connectivity index is 2.08. The second kappa shape index (κ2) is 5.56. The highest BCUT2D eigenvalue weighted by Crippen LogP contribution is 2.29. The highest BCUT2D eigenvalue weighted by molar-refractivity contribution is 7.13. The zero-order valence-electron chi connectivity index (χ0n) is 11.2. The summed E-state index contributed by atoms with van der Waals surface area (Å²) in [6.07, 6.45) is 7.44. The first-order valence-corrected chi connectivity index (χ1v) is 7.37. The summed E-state index contributed by atoms with van der Waals surface area (Å²) in [6.45, 7) is 2.01. The molecule has 102 valence electrons. The van der Waals surface area contributed by atoms with Gasteiger partial charge in [0.2, 0.25) is 0 Å². The lowest BCUT2D eigenvalue weighted by atomic mass is 10.0. The summed E-state index contributed by atoms with van der Waals surface area (Å²) in [5.41, 5.74) is 7.30. The average molecular weight is 284 g/mol. The van der Waals surface area contributed by atoms with E-state index in [1.165, 1.54) is 0 Å². The van der Waals surface area contributed by atoms with Gasteiger partial charge in [0.1, 0.15) is 0 Å². The van der Waals surface area contributed by atoms with Gasteiger partial charge in [-0.05, 0) is 30.0 Å². The van der Waals surface area contributed by atoms with Crippen LogP contribution in [0.15, 0.2) is 54.4 Å². The van der Waals surface area contributed by atoms with Crippen LogP contribution < -0.4 is 5.73 Å². The SMILES string of the molecule is CC(N)C(c1cccnc1)n1ccnc1-c1cccs1. The summed E-state index contributed by atoms with van der Waals surface area (Å²) in [5.74, 6) is 0.950. The van der Waals surface area contributed by atoms with E-state index >= 15 is 0 Å². The third-order valence-electron chi connectivity index (χ3n) is 3.23. The summed E-state index contributed by atoms with van der Waals surface area (Å²) in [7, 11) is 0. The van der Waals surface area contributed by atoms with Gasteiger partial charge in [-0.1, -0.05) is 12.1 Å². The van der Waals surface area contributed by atoms with Crippen LogP contribution in [0.1, 0.15) is 18.5 Å². The topological polar surface area (TPSA) is 56.7 Å². The van der Waals surface area contributed by atoms with E-state index in [1.807, 2.05) is 37.6 Å². The third-order valence-corrected chi connectivity index (χ3v) is 4.10. The predicted octanol–water partition coefficient (Wildman–Crippen LogP) is 2.94. The molecule has 3 aromatic heterocycles. The van der Waals surface area contributed by atoms with E-state index < -0.39 is 0 Å². The molecule has 2 atom stereocenters. The van der Waals surface area contributed by atoms with Crippen LogP contribution in [0.25, 0.3) is 10.7 Å². The van der Waals surface area contributed by atoms with Crippen molar-refractivity contribution in [3.05, 3.63) is 60.0 Å². The van der Waals surface area contributed by atoms with E-state index in [0.29, 0.717) is 0 Å². The van der Waals surface area contributed by atoms with E-state index in [-0.39, 0.29) is 12.1 Å². The van der Waals surface area contributed by atoms with E-state index in [2.05, 4.69) is 32.0 Å². The van der Waals surface area contributed by atoms with Crippen molar-refractivity contribution in [1.29, 1.82) is 0 Å². The monoisotopic (exact) mass is 284 g/mol. The first-order valence-electron chi connectivity index (χ1n) is 6.49. The summed E-state index contributed by atoms with van der Waals surface area (Å²) < 4.78 is 2.13. The van der Waals surface area contributed by atoms with E-state index in [9.17, 15) is 0 Å². The average Bonchev–Trinajstić information content (AvgIpc) is 3.09. The molecule has 0 fully saturated rings. The molecule has 20 heavy (non-hydrogen) atoms. The molecule has 0 spiro atoms. The minimum Gasteiger partial charge on any atom is -0.326 e. The lowest BCUT2D eigenvalue weighted by Gasteiger charge is -2.24. The quantitative estimate of drug-likeness (QED) is 0.801. The maximum atomic E-state index is 6.21. The Morgan fingerprint density at radius 2 is 2.15 bits per heavy atom. The van der Waals surface area contributed by atoms with Gasteiger partial charge in [-0.15, -0.1) is 11.3 Å². The van der Waals surface area contributed by atoms with Crippen molar-refractivity contribution in [2.45, 2.75) is 19.0 Å². The fourth-order valence-corrected chi connectivity index (χ4v) is 3.13. The molecule has 2 unspecified atom stereocenters. The molecule has 0 aliphatic rings. The molecule has 0 bridgehead atoms. The molecule has 0 radical (unpaired) electrons. The predicted molar refractivity (Wildman–Crippen MR) is 81.6 cm³/mol. The number of nitrogens with two attached hydrogens (primary N) is 1. The molecule has 4 nitrogen and oxygen atoms in total. The number of imidazole rings is 1. The van der Waals surface area contributed by atoms with Crippen molar-refractivity contribution in [2.75, 3.05) is 0 Å². The van der Waals surface area contributed by atoms with Gasteiger partial charge in [0, 0.05) is 30.8 Å². The van der Waals surface area contributed by atoms with E-state index in [1.54, 1.807) is 17.5 Å². The lowest BCUT2D eigenvalue weighted by Crippen LogP contribution is -2.30. The Kier molecular flexibility index (Phi) is 3.62. The Hall–Kier alpha value is -1.98. The van der Waals surface area contributed by atoms with Crippen LogP contribution in [-0.4, -0.2) is 20.6 Å². The van der Waals surface area contributed by atoms with Gasteiger partial charge in [-0.25, -0.2) is 4.98 Å². The van der Waals surface area contributed by atoms with Crippen molar-refractivity contribution in [1.82, 2.24) is 14.5 Å². The molecule has 0 aliphatic carbocycles. The van der Waals surface area contributed by atoms with Crippen LogP contribution in [0.4, 0.5) is 0 Å². The number of rotatable bonds is 4. The molecule has 0 saturated carbocycles. The molecule has 0 aromatic carbocycles. The third kappa shape index (κ3) is 2.37. The van der Waals surface area contributed by atoms with Crippen molar-refractivity contribution in [3.63, 3.8) is 0 Å². The number of nitrogens with zero attached hydrogens (tertiary/aromatic N) is 3. The zero-order valence-corrected chi connectivity index (χ0v) is 12.0. The van der Waals surface area contributed by atoms with Gasteiger partial charge in [0.15, 0.2) is 5.82 Å². The summed E-state index contributed by atoms with van der Waals surface area (Å²) in [6, 6.07) is 8.09. The summed E-state index contributed by atoms with van der Waals surface area (Å²) in [5, 5.41) is 2.05. The van der Waals surface area contributed by atoms with Gasteiger partial charge in [-0.3, -0.25) is 4.98 Å². The highest BCUT2D eigenvalue weighted by atomic mass is 32.1. The normalized spacial score (nSPS) is 14.1. The van der Waals surface area contributed by atoms with Crippen LogP contribution in [0.2, 0.25) is 0 Å². The number of hydrogen-bond acceptors (Lipinski definition) is 4. The summed E-state index contributed by atoms with van der Waals surface area (Å²) in [4.78, 5) is 9.83. The van der Waals surface area contributed by atoms with Crippen LogP contribution in [0.3, 0.4) is 0 Å². The van der Waals surface area contributed by atoms with Gasteiger partial charge in [-0.2, -0.15) is 0 Å². The van der Waals surface area contributed by atoms with Gasteiger partial charge >= 0.3 is 0 Å². The Morgan fingerprint density at radius 3 is 2.80 bits per heavy atom. The Morgan fingerprint density at radius 1 is 1.25 bits per heavy atom. The number of thiophene rings is 1. The summed E-state index contributed by atoms with van der Waals surface area (Å²) >= 11 is 1.68. The molecule has 0 saturated heterocycles. The first-order chi connectivity index (χ1) is 9.77. The smallest absolute Gasteiger partial charge is 0.150 e. The molecule has 3 heterocycles. The van der Waals surface area contributed by atoms with Crippen molar-refractivity contribution in [3.8, 4) is 10.7 Å². The largest absolute Gasteiger partial charge is 0.326 e. The van der Waals surface area contributed by atoms with Crippen molar-refractivity contribution >= 4 is 11.3 Å².